The highest BCUT2D eigenvalue weighted by atomic mass is 35.5. The molecule has 2 N–H and O–H groups in total. The molecule has 1 aromatic carbocycles. The first-order valence-corrected chi connectivity index (χ1v) is 8.09. The second-order valence-electron chi connectivity index (χ2n) is 5.78. The Morgan fingerprint density at radius 2 is 2.04 bits per heavy atom. The van der Waals surface area contributed by atoms with Crippen molar-refractivity contribution in [3.05, 3.63) is 52.3 Å². The molecule has 2 aromatic rings. The molecular weight excluding hydrogens is 310 g/mol. The van der Waals surface area contributed by atoms with Crippen LogP contribution in [0.1, 0.15) is 41.9 Å². The Balaban J connectivity index is 2.13. The van der Waals surface area contributed by atoms with Crippen molar-refractivity contribution in [1.29, 1.82) is 0 Å². The molecule has 2 rings (SSSR count). The monoisotopic (exact) mass is 331 g/mol. The lowest BCUT2D eigenvalue weighted by Gasteiger charge is -2.13. The number of pyridine rings is 1. The molecule has 1 unspecified atom stereocenters. The van der Waals surface area contributed by atoms with Gasteiger partial charge in [-0.3, -0.25) is 4.79 Å². The van der Waals surface area contributed by atoms with Crippen molar-refractivity contribution in [3.8, 4) is 0 Å². The van der Waals surface area contributed by atoms with Gasteiger partial charge in [0.1, 0.15) is 5.69 Å². The van der Waals surface area contributed by atoms with Crippen molar-refractivity contribution >= 4 is 28.9 Å². The molecule has 0 bridgehead atoms. The van der Waals surface area contributed by atoms with Gasteiger partial charge in [-0.25, -0.2) is 4.98 Å². The summed E-state index contributed by atoms with van der Waals surface area (Å²) in [6.45, 7) is 8.01. The van der Waals surface area contributed by atoms with Gasteiger partial charge in [0.2, 0.25) is 0 Å². The normalized spacial score (nSPS) is 11.9. The standard InChI is InChI=1S/C18H22ClN3O/c1-5-13(4)21-18(23)16-7-6-14(10-20-16)22-17-12(3)8-11(2)9-15(17)19/h6-10,13,22H,5H2,1-4H3,(H,21,23). The van der Waals surface area contributed by atoms with Crippen LogP contribution in [0.5, 0.6) is 0 Å². The van der Waals surface area contributed by atoms with Crippen LogP contribution in [0.4, 0.5) is 11.4 Å². The Hall–Kier alpha value is -2.07. The number of halogens is 1. The third-order valence-corrected chi connectivity index (χ3v) is 3.99. The SMILES string of the molecule is CCC(C)NC(=O)c1ccc(Nc2c(C)cc(C)cc2Cl)cn1. The minimum atomic E-state index is -0.157. The molecule has 0 fully saturated rings. The van der Waals surface area contributed by atoms with Gasteiger partial charge >= 0.3 is 0 Å². The van der Waals surface area contributed by atoms with Crippen LogP contribution in [-0.4, -0.2) is 16.9 Å². The fourth-order valence-electron chi connectivity index (χ4n) is 2.22. The van der Waals surface area contributed by atoms with Gasteiger partial charge in [0.15, 0.2) is 0 Å². The smallest absolute Gasteiger partial charge is 0.270 e. The van der Waals surface area contributed by atoms with Crippen LogP contribution >= 0.6 is 11.6 Å². The molecule has 5 heteroatoms. The molecule has 1 aromatic heterocycles. The molecule has 0 aliphatic heterocycles. The molecule has 4 nitrogen and oxygen atoms in total. The van der Waals surface area contributed by atoms with Gasteiger partial charge in [-0.15, -0.1) is 0 Å². The number of nitrogens with one attached hydrogen (secondary N) is 2. The number of anilines is 2. The predicted octanol–water partition coefficient (Wildman–Crippen LogP) is 4.62. The molecular formula is C18H22ClN3O. The summed E-state index contributed by atoms with van der Waals surface area (Å²) >= 11 is 6.29. The van der Waals surface area contributed by atoms with Crippen molar-refractivity contribution < 1.29 is 4.79 Å². The van der Waals surface area contributed by atoms with E-state index in [9.17, 15) is 4.79 Å². The number of hydrogen-bond acceptors (Lipinski definition) is 3. The maximum Gasteiger partial charge on any atom is 0.270 e. The minimum absolute atomic E-state index is 0.135. The van der Waals surface area contributed by atoms with Gasteiger partial charge in [-0.05, 0) is 56.5 Å². The number of amides is 1. The molecule has 1 amide bonds. The van der Waals surface area contributed by atoms with Gasteiger partial charge < -0.3 is 10.6 Å². The van der Waals surface area contributed by atoms with Gasteiger partial charge in [0, 0.05) is 6.04 Å². The summed E-state index contributed by atoms with van der Waals surface area (Å²) in [4.78, 5) is 16.2. The molecule has 0 radical (unpaired) electrons. The Morgan fingerprint density at radius 3 is 2.61 bits per heavy atom. The van der Waals surface area contributed by atoms with Crippen LogP contribution in [0.15, 0.2) is 30.5 Å². The van der Waals surface area contributed by atoms with Crippen molar-refractivity contribution in [3.63, 3.8) is 0 Å². The molecule has 0 aliphatic carbocycles. The quantitative estimate of drug-likeness (QED) is 0.840. The highest BCUT2D eigenvalue weighted by Gasteiger charge is 2.10. The van der Waals surface area contributed by atoms with E-state index >= 15 is 0 Å². The topological polar surface area (TPSA) is 54.0 Å². The second-order valence-corrected chi connectivity index (χ2v) is 6.19. The number of nitrogens with zero attached hydrogens (tertiary/aromatic N) is 1. The first kappa shape index (κ1) is 17.3. The van der Waals surface area contributed by atoms with E-state index in [0.717, 1.165) is 28.9 Å². The van der Waals surface area contributed by atoms with Crippen LogP contribution in [-0.2, 0) is 0 Å². The highest BCUT2D eigenvalue weighted by Crippen LogP contribution is 2.30. The number of aromatic nitrogens is 1. The summed E-state index contributed by atoms with van der Waals surface area (Å²) in [6.07, 6.45) is 2.53. The van der Waals surface area contributed by atoms with E-state index in [1.54, 1.807) is 12.3 Å². The number of carbonyl (C=O) groups excluding carboxylic acids is 1. The molecule has 0 spiro atoms. The molecule has 122 valence electrons. The zero-order chi connectivity index (χ0) is 17.0. The van der Waals surface area contributed by atoms with Gasteiger partial charge in [0.05, 0.1) is 22.6 Å². The maximum atomic E-state index is 12.0. The molecule has 23 heavy (non-hydrogen) atoms. The van der Waals surface area contributed by atoms with Crippen LogP contribution in [0.2, 0.25) is 5.02 Å². The second kappa shape index (κ2) is 7.47. The summed E-state index contributed by atoms with van der Waals surface area (Å²) in [5.74, 6) is -0.157. The molecule has 0 saturated carbocycles. The van der Waals surface area contributed by atoms with E-state index in [1.165, 1.54) is 0 Å². The predicted molar refractivity (Wildman–Crippen MR) is 95.7 cm³/mol. The highest BCUT2D eigenvalue weighted by molar-refractivity contribution is 6.33. The van der Waals surface area contributed by atoms with E-state index < -0.39 is 0 Å². The Kier molecular flexibility index (Phi) is 5.61. The summed E-state index contributed by atoms with van der Waals surface area (Å²) in [5, 5.41) is 6.82. The first-order valence-electron chi connectivity index (χ1n) is 7.71. The Labute approximate surface area is 142 Å². The molecule has 1 heterocycles. The van der Waals surface area contributed by atoms with Crippen LogP contribution in [0.25, 0.3) is 0 Å². The lowest BCUT2D eigenvalue weighted by atomic mass is 10.1. The number of carbonyl (C=O) groups is 1. The van der Waals surface area contributed by atoms with E-state index in [2.05, 4.69) is 21.7 Å². The summed E-state index contributed by atoms with van der Waals surface area (Å²) < 4.78 is 0. The van der Waals surface area contributed by atoms with E-state index in [4.69, 9.17) is 11.6 Å². The number of benzene rings is 1. The van der Waals surface area contributed by atoms with Crippen molar-refractivity contribution in [2.24, 2.45) is 0 Å². The molecule has 0 saturated heterocycles. The van der Waals surface area contributed by atoms with Gasteiger partial charge in [-0.1, -0.05) is 24.6 Å². The van der Waals surface area contributed by atoms with Crippen LogP contribution < -0.4 is 10.6 Å². The zero-order valence-corrected chi connectivity index (χ0v) is 14.7. The zero-order valence-electron chi connectivity index (χ0n) is 13.9. The van der Waals surface area contributed by atoms with Crippen molar-refractivity contribution in [2.75, 3.05) is 5.32 Å². The Morgan fingerprint density at radius 1 is 1.30 bits per heavy atom. The van der Waals surface area contributed by atoms with E-state index in [-0.39, 0.29) is 11.9 Å². The molecule has 1 atom stereocenters. The first-order chi connectivity index (χ1) is 10.9. The van der Waals surface area contributed by atoms with Crippen molar-refractivity contribution in [2.45, 2.75) is 40.2 Å². The van der Waals surface area contributed by atoms with E-state index in [1.807, 2.05) is 39.8 Å². The van der Waals surface area contributed by atoms with Crippen LogP contribution in [0, 0.1) is 13.8 Å². The average molecular weight is 332 g/mol. The Bertz CT molecular complexity index is 675. The van der Waals surface area contributed by atoms with E-state index in [0.29, 0.717) is 10.7 Å². The van der Waals surface area contributed by atoms with Gasteiger partial charge in [-0.2, -0.15) is 0 Å². The molecule has 0 aliphatic rings. The average Bonchev–Trinajstić information content (AvgIpc) is 2.51. The summed E-state index contributed by atoms with van der Waals surface area (Å²) in [7, 11) is 0. The fourth-order valence-corrected chi connectivity index (χ4v) is 2.59. The summed E-state index contributed by atoms with van der Waals surface area (Å²) in [5.41, 5.74) is 4.24. The maximum absolute atomic E-state index is 12.0. The third kappa shape index (κ3) is 4.45. The number of hydrogen-bond donors (Lipinski definition) is 2. The summed E-state index contributed by atoms with van der Waals surface area (Å²) in [6, 6.07) is 7.65. The van der Waals surface area contributed by atoms with Crippen LogP contribution in [0.3, 0.4) is 0 Å². The number of aryl methyl sites for hydroxylation is 2. The third-order valence-electron chi connectivity index (χ3n) is 3.69. The minimum Gasteiger partial charge on any atom is -0.353 e. The lowest BCUT2D eigenvalue weighted by molar-refractivity contribution is 0.0934. The number of rotatable bonds is 5. The van der Waals surface area contributed by atoms with Gasteiger partial charge in [0.25, 0.3) is 5.91 Å². The largest absolute Gasteiger partial charge is 0.353 e. The lowest BCUT2D eigenvalue weighted by Crippen LogP contribution is -2.32. The van der Waals surface area contributed by atoms with Crippen molar-refractivity contribution in [1.82, 2.24) is 10.3 Å². The fraction of sp³-hybridized carbons (Fsp3) is 0.333.